The van der Waals surface area contributed by atoms with Crippen LogP contribution in [0.1, 0.15) is 35.8 Å². The van der Waals surface area contributed by atoms with Crippen LogP contribution in [0.5, 0.6) is 0 Å². The molecule has 17 heavy (non-hydrogen) atoms. The first-order valence-electron chi connectivity index (χ1n) is 5.63. The van der Waals surface area contributed by atoms with E-state index in [0.29, 0.717) is 17.8 Å². The molecule has 0 atom stereocenters. The summed E-state index contributed by atoms with van der Waals surface area (Å²) in [5.41, 5.74) is 6.32. The summed E-state index contributed by atoms with van der Waals surface area (Å²) in [7, 11) is 0. The van der Waals surface area contributed by atoms with E-state index >= 15 is 0 Å². The van der Waals surface area contributed by atoms with Gasteiger partial charge in [-0.2, -0.15) is 5.10 Å². The van der Waals surface area contributed by atoms with Gasteiger partial charge in [0.25, 0.3) is 5.91 Å². The minimum atomic E-state index is -0.504. The molecule has 2 amide bonds. The second-order valence-corrected chi connectivity index (χ2v) is 3.96. The molecule has 3 N–H and O–H groups in total. The molecule has 0 spiro atoms. The predicted octanol–water partition coefficient (Wildman–Crippen LogP) is 0.446. The van der Waals surface area contributed by atoms with Crippen molar-refractivity contribution in [3.8, 4) is 0 Å². The van der Waals surface area contributed by atoms with Gasteiger partial charge in [0.05, 0.1) is 18.3 Å². The lowest BCUT2D eigenvalue weighted by atomic mass is 10.2. The van der Waals surface area contributed by atoms with Crippen LogP contribution >= 0.6 is 0 Å². The van der Waals surface area contributed by atoms with Crippen LogP contribution in [0.25, 0.3) is 0 Å². The van der Waals surface area contributed by atoms with Crippen LogP contribution in [0.15, 0.2) is 6.20 Å². The number of nitrogens with one attached hydrogen (secondary N) is 1. The van der Waals surface area contributed by atoms with Gasteiger partial charge in [0.15, 0.2) is 0 Å². The van der Waals surface area contributed by atoms with Crippen molar-refractivity contribution in [1.82, 2.24) is 15.1 Å². The summed E-state index contributed by atoms with van der Waals surface area (Å²) in [5, 5.41) is 6.50. The molecule has 0 radical (unpaired) electrons. The van der Waals surface area contributed by atoms with E-state index in [0.717, 1.165) is 12.8 Å². The minimum Gasteiger partial charge on any atom is -0.368 e. The molecule has 0 aliphatic heterocycles. The Labute approximate surface area is 100 Å². The van der Waals surface area contributed by atoms with Crippen molar-refractivity contribution in [2.45, 2.75) is 26.7 Å². The lowest BCUT2D eigenvalue weighted by molar-refractivity contribution is -0.118. The number of carbonyl (C=O) groups is 2. The molecule has 6 nitrogen and oxygen atoms in total. The fourth-order valence-electron chi connectivity index (χ4n) is 1.53. The zero-order valence-corrected chi connectivity index (χ0v) is 10.2. The van der Waals surface area contributed by atoms with Gasteiger partial charge in [-0.1, -0.05) is 13.3 Å². The van der Waals surface area contributed by atoms with Gasteiger partial charge < -0.3 is 10.6 Å². The van der Waals surface area contributed by atoms with Gasteiger partial charge in [-0.15, -0.1) is 0 Å². The molecule has 1 aromatic heterocycles. The van der Waals surface area contributed by atoms with Crippen molar-refractivity contribution in [2.75, 3.05) is 13.1 Å². The Kier molecular flexibility index (Phi) is 4.68. The summed E-state index contributed by atoms with van der Waals surface area (Å²) in [4.78, 5) is 24.5. The van der Waals surface area contributed by atoms with E-state index in [4.69, 9.17) is 5.73 Å². The molecular weight excluding hydrogens is 220 g/mol. The summed E-state index contributed by atoms with van der Waals surface area (Å²) in [6.07, 6.45) is 3.26. The zero-order chi connectivity index (χ0) is 12.8. The van der Waals surface area contributed by atoms with Crippen LogP contribution in [0.3, 0.4) is 0 Å². The fourth-order valence-corrected chi connectivity index (χ4v) is 1.53. The molecule has 1 heterocycles. The minimum absolute atomic E-state index is 0.0521. The number of nitrogens with zero attached hydrogens (tertiary/aromatic N) is 2. The quantitative estimate of drug-likeness (QED) is 0.753. The lowest BCUT2D eigenvalue weighted by Gasteiger charge is -2.20. The highest BCUT2D eigenvalue weighted by atomic mass is 16.2. The van der Waals surface area contributed by atoms with Crippen molar-refractivity contribution in [1.29, 1.82) is 0 Å². The molecule has 1 aromatic rings. The van der Waals surface area contributed by atoms with E-state index in [2.05, 4.69) is 10.2 Å². The van der Waals surface area contributed by atoms with Crippen molar-refractivity contribution < 1.29 is 9.59 Å². The summed E-state index contributed by atoms with van der Waals surface area (Å²) >= 11 is 0. The van der Waals surface area contributed by atoms with E-state index in [9.17, 15) is 9.59 Å². The van der Waals surface area contributed by atoms with E-state index in [1.54, 1.807) is 6.92 Å². The Balaban J connectivity index is 2.78. The molecule has 0 aliphatic carbocycles. The van der Waals surface area contributed by atoms with E-state index in [1.165, 1.54) is 11.1 Å². The first-order valence-corrected chi connectivity index (χ1v) is 5.63. The maximum absolute atomic E-state index is 12.1. The van der Waals surface area contributed by atoms with E-state index in [-0.39, 0.29) is 12.5 Å². The van der Waals surface area contributed by atoms with Gasteiger partial charge in [0, 0.05) is 12.2 Å². The molecule has 0 saturated heterocycles. The topological polar surface area (TPSA) is 92.1 Å². The second kappa shape index (κ2) is 6.03. The number of carbonyl (C=O) groups excluding carboxylic acids is 2. The number of aryl methyl sites for hydroxylation is 1. The van der Waals surface area contributed by atoms with Crippen molar-refractivity contribution in [3.63, 3.8) is 0 Å². The third kappa shape index (κ3) is 3.58. The highest BCUT2D eigenvalue weighted by molar-refractivity contribution is 5.97. The number of hydrogen-bond acceptors (Lipinski definition) is 3. The number of unbranched alkanes of at least 4 members (excludes halogenated alkanes) is 1. The van der Waals surface area contributed by atoms with Crippen molar-refractivity contribution in [3.05, 3.63) is 17.5 Å². The molecule has 0 aromatic carbocycles. The van der Waals surface area contributed by atoms with E-state index in [1.807, 2.05) is 6.92 Å². The summed E-state index contributed by atoms with van der Waals surface area (Å²) in [6, 6.07) is 0. The molecular formula is C11H18N4O2. The Morgan fingerprint density at radius 1 is 1.53 bits per heavy atom. The maximum atomic E-state index is 12.1. The first kappa shape index (κ1) is 13.2. The summed E-state index contributed by atoms with van der Waals surface area (Å²) < 4.78 is 0. The lowest BCUT2D eigenvalue weighted by Crippen LogP contribution is -2.39. The number of H-pyrrole nitrogens is 1. The normalized spacial score (nSPS) is 10.2. The molecule has 6 heteroatoms. The number of hydrogen-bond donors (Lipinski definition) is 2. The van der Waals surface area contributed by atoms with Gasteiger partial charge in [-0.05, 0) is 13.3 Å². The molecule has 0 aliphatic rings. The van der Waals surface area contributed by atoms with Gasteiger partial charge in [-0.3, -0.25) is 14.7 Å². The van der Waals surface area contributed by atoms with E-state index < -0.39 is 5.91 Å². The van der Waals surface area contributed by atoms with Crippen molar-refractivity contribution in [2.24, 2.45) is 5.73 Å². The van der Waals surface area contributed by atoms with Crippen LogP contribution in [0.4, 0.5) is 0 Å². The SMILES string of the molecule is CCCCN(CC(N)=O)C(=O)c1cn[nH]c1C. The number of amides is 2. The molecule has 0 unspecified atom stereocenters. The number of aromatic nitrogens is 2. The monoisotopic (exact) mass is 238 g/mol. The van der Waals surface area contributed by atoms with Crippen LogP contribution in [0.2, 0.25) is 0 Å². The molecule has 1 rings (SSSR count). The van der Waals surface area contributed by atoms with Gasteiger partial charge in [-0.25, -0.2) is 0 Å². The molecule has 0 saturated carbocycles. The van der Waals surface area contributed by atoms with Crippen LogP contribution < -0.4 is 5.73 Å². The Morgan fingerprint density at radius 2 is 2.24 bits per heavy atom. The zero-order valence-electron chi connectivity index (χ0n) is 10.2. The number of nitrogens with two attached hydrogens (primary N) is 1. The molecule has 0 bridgehead atoms. The average Bonchev–Trinajstić information content (AvgIpc) is 2.69. The third-order valence-corrected chi connectivity index (χ3v) is 2.48. The van der Waals surface area contributed by atoms with Crippen LogP contribution in [-0.2, 0) is 4.79 Å². The molecule has 94 valence electrons. The van der Waals surface area contributed by atoms with Gasteiger partial charge in [0.1, 0.15) is 0 Å². The number of aromatic amines is 1. The van der Waals surface area contributed by atoms with Gasteiger partial charge in [0.2, 0.25) is 5.91 Å². The highest BCUT2D eigenvalue weighted by Crippen LogP contribution is 2.08. The number of rotatable bonds is 6. The first-order chi connectivity index (χ1) is 8.06. The highest BCUT2D eigenvalue weighted by Gasteiger charge is 2.19. The Morgan fingerprint density at radius 3 is 2.71 bits per heavy atom. The maximum Gasteiger partial charge on any atom is 0.257 e. The Hall–Kier alpha value is -1.85. The Bertz CT molecular complexity index is 400. The number of primary amides is 1. The van der Waals surface area contributed by atoms with Crippen LogP contribution in [-0.4, -0.2) is 40.0 Å². The van der Waals surface area contributed by atoms with Crippen LogP contribution in [0, 0.1) is 6.92 Å². The smallest absolute Gasteiger partial charge is 0.257 e. The predicted molar refractivity (Wildman–Crippen MR) is 63.3 cm³/mol. The average molecular weight is 238 g/mol. The second-order valence-electron chi connectivity index (χ2n) is 3.96. The summed E-state index contributed by atoms with van der Waals surface area (Å²) in [5.74, 6) is -0.709. The molecule has 0 fully saturated rings. The third-order valence-electron chi connectivity index (χ3n) is 2.48. The van der Waals surface area contributed by atoms with Crippen molar-refractivity contribution >= 4 is 11.8 Å². The summed E-state index contributed by atoms with van der Waals surface area (Å²) in [6.45, 7) is 4.27. The van der Waals surface area contributed by atoms with Gasteiger partial charge >= 0.3 is 0 Å². The standard InChI is InChI=1S/C11H18N4O2/c1-3-4-5-15(7-10(12)16)11(17)9-6-13-14-8(9)2/h6H,3-5,7H2,1-2H3,(H2,12,16)(H,13,14). The fraction of sp³-hybridized carbons (Fsp3) is 0.545. The largest absolute Gasteiger partial charge is 0.368 e.